The normalized spacial score (nSPS) is 16.4. The van der Waals surface area contributed by atoms with E-state index in [0.29, 0.717) is 0 Å². The summed E-state index contributed by atoms with van der Waals surface area (Å²) in [5, 5.41) is 0.875. The van der Waals surface area contributed by atoms with Crippen molar-refractivity contribution in [3.8, 4) is 0 Å². The van der Waals surface area contributed by atoms with Gasteiger partial charge in [0.15, 0.2) is 0 Å². The molecule has 0 radical (unpaired) electrons. The quantitative estimate of drug-likeness (QED) is 0.660. The van der Waals surface area contributed by atoms with Gasteiger partial charge in [0.2, 0.25) is 0 Å². The Kier molecular flexibility index (Phi) is 3.86. The number of hydrogen-bond acceptors (Lipinski definition) is 0. The van der Waals surface area contributed by atoms with E-state index >= 15 is 0 Å². The molecule has 0 N–H and O–H groups in total. The minimum Gasteiger partial charge on any atom is -0.0834 e. The van der Waals surface area contributed by atoms with E-state index in [2.05, 4.69) is 50.3 Å². The first-order valence-corrected chi connectivity index (χ1v) is 6.42. The molecule has 17 heavy (non-hydrogen) atoms. The van der Waals surface area contributed by atoms with Crippen LogP contribution in [0.3, 0.4) is 0 Å². The van der Waals surface area contributed by atoms with Crippen LogP contribution in [0.4, 0.5) is 0 Å². The van der Waals surface area contributed by atoms with Crippen molar-refractivity contribution in [2.75, 3.05) is 0 Å². The average Bonchev–Trinajstić information content (AvgIpc) is 2.51. The van der Waals surface area contributed by atoms with Crippen molar-refractivity contribution in [3.63, 3.8) is 0 Å². The molecule has 0 atom stereocenters. The lowest BCUT2D eigenvalue weighted by atomic mass is 10.0. The zero-order valence-corrected chi connectivity index (χ0v) is 11.1. The van der Waals surface area contributed by atoms with Gasteiger partial charge in [0.05, 0.1) is 5.03 Å². The monoisotopic (exact) mass is 244 g/mol. The molecule has 1 aromatic carbocycles. The Labute approximate surface area is 108 Å². The molecule has 0 unspecified atom stereocenters. The predicted octanol–water partition coefficient (Wildman–Crippen LogP) is 5.32. The summed E-state index contributed by atoms with van der Waals surface area (Å²) in [4.78, 5) is 0. The molecule has 0 heterocycles. The standard InChI is InChI=1S/C16H17Cl/c1-3-13-9-10-15(16(17)12(2)11-13)14-7-5-4-6-8-14/h4-8,10-11H,3,9H2,1-2H3. The van der Waals surface area contributed by atoms with Crippen molar-refractivity contribution in [2.45, 2.75) is 26.7 Å². The molecule has 0 aromatic heterocycles. The van der Waals surface area contributed by atoms with E-state index in [1.54, 1.807) is 0 Å². The summed E-state index contributed by atoms with van der Waals surface area (Å²) in [6, 6.07) is 10.3. The molecule has 0 spiro atoms. The van der Waals surface area contributed by atoms with Crippen molar-refractivity contribution in [2.24, 2.45) is 0 Å². The zero-order chi connectivity index (χ0) is 12.3. The summed E-state index contributed by atoms with van der Waals surface area (Å²) in [6.45, 7) is 4.27. The van der Waals surface area contributed by atoms with Crippen LogP contribution in [-0.4, -0.2) is 0 Å². The molecule has 1 aliphatic carbocycles. The molecule has 0 nitrogen and oxygen atoms in total. The van der Waals surface area contributed by atoms with Crippen LogP contribution < -0.4 is 0 Å². The van der Waals surface area contributed by atoms with Crippen LogP contribution in [0.25, 0.3) is 5.57 Å². The number of hydrogen-bond donors (Lipinski definition) is 0. The van der Waals surface area contributed by atoms with Gasteiger partial charge in [-0.1, -0.05) is 66.6 Å². The Morgan fingerprint density at radius 1 is 1.18 bits per heavy atom. The van der Waals surface area contributed by atoms with E-state index in [1.165, 1.54) is 11.1 Å². The summed E-state index contributed by atoms with van der Waals surface area (Å²) in [6.07, 6.45) is 6.53. The second-order valence-electron chi connectivity index (χ2n) is 4.34. The summed E-state index contributed by atoms with van der Waals surface area (Å²) in [7, 11) is 0. The highest BCUT2D eigenvalue weighted by Crippen LogP contribution is 2.33. The van der Waals surface area contributed by atoms with Crippen LogP contribution in [0, 0.1) is 0 Å². The van der Waals surface area contributed by atoms with Gasteiger partial charge in [0, 0.05) is 0 Å². The van der Waals surface area contributed by atoms with E-state index < -0.39 is 0 Å². The number of rotatable bonds is 2. The summed E-state index contributed by atoms with van der Waals surface area (Å²) in [5.41, 5.74) is 4.95. The van der Waals surface area contributed by atoms with E-state index in [4.69, 9.17) is 11.6 Å². The van der Waals surface area contributed by atoms with Crippen molar-refractivity contribution in [3.05, 3.63) is 64.2 Å². The fourth-order valence-corrected chi connectivity index (χ4v) is 2.31. The molecule has 1 aliphatic rings. The average molecular weight is 245 g/mol. The second-order valence-corrected chi connectivity index (χ2v) is 4.72. The molecule has 0 fully saturated rings. The topological polar surface area (TPSA) is 0 Å². The fraction of sp³-hybridized carbons (Fsp3) is 0.250. The van der Waals surface area contributed by atoms with Crippen molar-refractivity contribution in [1.82, 2.24) is 0 Å². The maximum absolute atomic E-state index is 6.46. The van der Waals surface area contributed by atoms with Crippen molar-refractivity contribution >= 4 is 17.2 Å². The lowest BCUT2D eigenvalue weighted by molar-refractivity contribution is 1.03. The van der Waals surface area contributed by atoms with E-state index in [1.807, 2.05) is 6.07 Å². The van der Waals surface area contributed by atoms with Gasteiger partial charge in [0.25, 0.3) is 0 Å². The Hall–Kier alpha value is -1.27. The summed E-state index contributed by atoms with van der Waals surface area (Å²) >= 11 is 6.46. The molecule has 0 saturated heterocycles. The summed E-state index contributed by atoms with van der Waals surface area (Å²) < 4.78 is 0. The van der Waals surface area contributed by atoms with Gasteiger partial charge in [0.1, 0.15) is 0 Å². The summed E-state index contributed by atoms with van der Waals surface area (Å²) in [5.74, 6) is 0. The van der Waals surface area contributed by atoms with Crippen LogP contribution in [0.1, 0.15) is 32.3 Å². The minimum absolute atomic E-state index is 0.875. The first-order chi connectivity index (χ1) is 8.22. The van der Waals surface area contributed by atoms with Crippen molar-refractivity contribution in [1.29, 1.82) is 0 Å². The highest BCUT2D eigenvalue weighted by Gasteiger charge is 2.11. The Morgan fingerprint density at radius 3 is 2.53 bits per heavy atom. The molecule has 0 bridgehead atoms. The van der Waals surface area contributed by atoms with Crippen LogP contribution in [0.15, 0.2) is 58.7 Å². The molecular formula is C16H17Cl. The van der Waals surface area contributed by atoms with Crippen molar-refractivity contribution < 1.29 is 0 Å². The van der Waals surface area contributed by atoms with Gasteiger partial charge in [-0.2, -0.15) is 0 Å². The maximum atomic E-state index is 6.46. The molecular weight excluding hydrogens is 228 g/mol. The lowest BCUT2D eigenvalue weighted by Crippen LogP contribution is -1.85. The van der Waals surface area contributed by atoms with Crippen LogP contribution in [-0.2, 0) is 0 Å². The predicted molar refractivity (Wildman–Crippen MR) is 76.0 cm³/mol. The zero-order valence-electron chi connectivity index (χ0n) is 10.3. The second kappa shape index (κ2) is 5.37. The van der Waals surface area contributed by atoms with E-state index in [-0.39, 0.29) is 0 Å². The van der Waals surface area contributed by atoms with Gasteiger partial charge < -0.3 is 0 Å². The molecule has 1 aromatic rings. The number of allylic oxidation sites excluding steroid dienone is 6. The third-order valence-electron chi connectivity index (χ3n) is 3.11. The molecule has 1 heteroatoms. The van der Waals surface area contributed by atoms with Gasteiger partial charge in [-0.25, -0.2) is 0 Å². The fourth-order valence-electron chi connectivity index (χ4n) is 2.07. The van der Waals surface area contributed by atoms with Gasteiger partial charge in [-0.15, -0.1) is 0 Å². The molecule has 88 valence electrons. The number of benzene rings is 1. The first kappa shape index (κ1) is 12.2. The minimum atomic E-state index is 0.875. The first-order valence-electron chi connectivity index (χ1n) is 6.04. The molecule has 0 amide bonds. The molecule has 2 rings (SSSR count). The Balaban J connectivity index is 2.44. The third kappa shape index (κ3) is 2.70. The van der Waals surface area contributed by atoms with Crippen LogP contribution in [0.5, 0.6) is 0 Å². The van der Waals surface area contributed by atoms with Gasteiger partial charge in [-0.3, -0.25) is 0 Å². The smallest absolute Gasteiger partial charge is 0.0510 e. The third-order valence-corrected chi connectivity index (χ3v) is 3.61. The van der Waals surface area contributed by atoms with E-state index in [0.717, 1.165) is 29.0 Å². The highest BCUT2D eigenvalue weighted by molar-refractivity contribution is 6.37. The van der Waals surface area contributed by atoms with Gasteiger partial charge >= 0.3 is 0 Å². The van der Waals surface area contributed by atoms with E-state index in [9.17, 15) is 0 Å². The lowest BCUT2D eigenvalue weighted by Gasteiger charge is -2.07. The number of halogens is 1. The Morgan fingerprint density at radius 2 is 1.88 bits per heavy atom. The molecule has 0 saturated carbocycles. The maximum Gasteiger partial charge on any atom is 0.0510 e. The van der Waals surface area contributed by atoms with Gasteiger partial charge in [-0.05, 0) is 36.5 Å². The van der Waals surface area contributed by atoms with Crippen LogP contribution >= 0.6 is 11.6 Å². The molecule has 0 aliphatic heterocycles. The van der Waals surface area contributed by atoms with Crippen LogP contribution in [0.2, 0.25) is 0 Å². The largest absolute Gasteiger partial charge is 0.0834 e. The highest BCUT2D eigenvalue weighted by atomic mass is 35.5. The SMILES string of the molecule is CCC1=CC(C)=C(Cl)C(c2ccccc2)=CC1. The Bertz CT molecular complexity index is 490.